The highest BCUT2D eigenvalue weighted by Crippen LogP contribution is 2.65. The van der Waals surface area contributed by atoms with Crippen molar-refractivity contribution < 1.29 is 10.3 Å². The maximum Gasteiger partial charge on any atom is 0.0622 e. The smallest absolute Gasteiger partial charge is 0.0622 e. The van der Waals surface area contributed by atoms with Crippen molar-refractivity contribution in [1.82, 2.24) is 5.48 Å². The van der Waals surface area contributed by atoms with Gasteiger partial charge in [0, 0.05) is 6.04 Å². The zero-order chi connectivity index (χ0) is 17.1. The fourth-order valence-electron chi connectivity index (χ4n) is 8.03. The number of rotatable bonds is 2. The molecule has 0 bridgehead atoms. The molecule has 4 aliphatic rings. The summed E-state index contributed by atoms with van der Waals surface area (Å²) in [6.45, 7) is 6.74. The normalized spacial score (nSPS) is 55.4. The first-order valence-electron chi connectivity index (χ1n) is 10.5. The highest BCUT2D eigenvalue weighted by atomic mass is 16.5. The SMILES string of the molecule is CC(NO)[C@H]1CC[C@H]2[C@@H]3CC[C@@H]4C[C@](C)(O)CC[C@@H]4[C@H]3CC[C@]12C. The van der Waals surface area contributed by atoms with Crippen LogP contribution in [0.1, 0.15) is 78.6 Å². The first-order chi connectivity index (χ1) is 11.4. The van der Waals surface area contributed by atoms with E-state index in [1.54, 1.807) is 0 Å². The van der Waals surface area contributed by atoms with Gasteiger partial charge in [-0.1, -0.05) is 6.92 Å². The maximum atomic E-state index is 10.5. The molecule has 138 valence electrons. The van der Waals surface area contributed by atoms with Crippen molar-refractivity contribution in [3.8, 4) is 0 Å². The van der Waals surface area contributed by atoms with Gasteiger partial charge in [0.1, 0.15) is 0 Å². The number of aliphatic hydroxyl groups is 1. The van der Waals surface area contributed by atoms with Crippen molar-refractivity contribution in [3.05, 3.63) is 0 Å². The third-order valence-corrected chi connectivity index (χ3v) is 9.12. The molecule has 3 nitrogen and oxygen atoms in total. The summed E-state index contributed by atoms with van der Waals surface area (Å²) in [5, 5.41) is 20.0. The Morgan fingerprint density at radius 2 is 1.67 bits per heavy atom. The molecule has 24 heavy (non-hydrogen) atoms. The first kappa shape index (κ1) is 17.3. The monoisotopic (exact) mass is 335 g/mol. The summed E-state index contributed by atoms with van der Waals surface area (Å²) in [7, 11) is 0. The van der Waals surface area contributed by atoms with Gasteiger partial charge in [0.2, 0.25) is 0 Å². The Morgan fingerprint density at radius 3 is 2.42 bits per heavy atom. The number of hydrogen-bond donors (Lipinski definition) is 3. The van der Waals surface area contributed by atoms with Gasteiger partial charge >= 0.3 is 0 Å². The van der Waals surface area contributed by atoms with Gasteiger partial charge in [-0.05, 0) is 113 Å². The zero-order valence-corrected chi connectivity index (χ0v) is 15.8. The average molecular weight is 336 g/mol. The van der Waals surface area contributed by atoms with E-state index in [1.165, 1.54) is 44.9 Å². The van der Waals surface area contributed by atoms with Crippen LogP contribution in [0, 0.1) is 40.9 Å². The molecule has 4 saturated carbocycles. The number of hydrogen-bond acceptors (Lipinski definition) is 3. The number of fused-ring (bicyclic) bond motifs is 5. The molecule has 4 aliphatic carbocycles. The molecule has 4 fully saturated rings. The van der Waals surface area contributed by atoms with Gasteiger partial charge in [-0.2, -0.15) is 0 Å². The quantitative estimate of drug-likeness (QED) is 0.657. The standard InChI is InChI=1S/C21H37NO2/c1-13(22-24)18-6-7-19-17-5-4-14-12-20(2,23)10-8-15(14)16(17)9-11-21(18,19)3/h13-19,22-24H,4-12H2,1-3H3/t13?,14-,15+,16-,17-,18-,19+,20-,21-/m1/s1. The van der Waals surface area contributed by atoms with E-state index in [0.717, 1.165) is 42.4 Å². The molecule has 0 aromatic carbocycles. The Hall–Kier alpha value is -0.120. The molecule has 0 aromatic rings. The Kier molecular flexibility index (Phi) is 4.29. The second-order valence-electron chi connectivity index (χ2n) is 10.3. The summed E-state index contributed by atoms with van der Waals surface area (Å²) in [4.78, 5) is 0. The Labute approximate surface area is 147 Å². The number of nitrogens with one attached hydrogen (secondary N) is 1. The van der Waals surface area contributed by atoms with Crippen LogP contribution in [0.4, 0.5) is 0 Å². The highest BCUT2D eigenvalue weighted by Gasteiger charge is 2.58. The first-order valence-corrected chi connectivity index (χ1v) is 10.5. The van der Waals surface area contributed by atoms with E-state index in [0.29, 0.717) is 11.3 Å². The molecule has 0 aromatic heterocycles. The Balaban J connectivity index is 1.53. The van der Waals surface area contributed by atoms with Gasteiger partial charge in [-0.15, -0.1) is 0 Å². The van der Waals surface area contributed by atoms with Crippen molar-refractivity contribution in [2.24, 2.45) is 40.9 Å². The van der Waals surface area contributed by atoms with Crippen molar-refractivity contribution in [1.29, 1.82) is 0 Å². The summed E-state index contributed by atoms with van der Waals surface area (Å²) < 4.78 is 0. The van der Waals surface area contributed by atoms with Crippen LogP contribution in [0.2, 0.25) is 0 Å². The van der Waals surface area contributed by atoms with E-state index in [-0.39, 0.29) is 6.04 Å². The van der Waals surface area contributed by atoms with Crippen LogP contribution in [0.3, 0.4) is 0 Å². The van der Waals surface area contributed by atoms with Crippen LogP contribution in [0.5, 0.6) is 0 Å². The van der Waals surface area contributed by atoms with Gasteiger partial charge in [0.25, 0.3) is 0 Å². The Morgan fingerprint density at radius 1 is 0.917 bits per heavy atom. The fourth-order valence-corrected chi connectivity index (χ4v) is 8.03. The molecule has 4 rings (SSSR count). The minimum Gasteiger partial charge on any atom is -0.390 e. The van der Waals surface area contributed by atoms with Crippen LogP contribution in [-0.2, 0) is 0 Å². The molecule has 1 unspecified atom stereocenters. The summed E-state index contributed by atoms with van der Waals surface area (Å²) in [5.41, 5.74) is 2.58. The maximum absolute atomic E-state index is 10.5. The minimum atomic E-state index is -0.405. The third kappa shape index (κ3) is 2.57. The van der Waals surface area contributed by atoms with Crippen molar-refractivity contribution >= 4 is 0 Å². The molecule has 3 heteroatoms. The molecule has 0 amide bonds. The van der Waals surface area contributed by atoms with Gasteiger partial charge in [-0.3, -0.25) is 0 Å². The van der Waals surface area contributed by atoms with E-state index in [9.17, 15) is 10.3 Å². The third-order valence-electron chi connectivity index (χ3n) is 9.12. The van der Waals surface area contributed by atoms with Crippen molar-refractivity contribution in [2.45, 2.75) is 90.2 Å². The van der Waals surface area contributed by atoms with Crippen molar-refractivity contribution in [2.75, 3.05) is 0 Å². The van der Waals surface area contributed by atoms with Gasteiger partial charge in [0.15, 0.2) is 0 Å². The topological polar surface area (TPSA) is 52.5 Å². The van der Waals surface area contributed by atoms with Gasteiger partial charge < -0.3 is 10.3 Å². The van der Waals surface area contributed by atoms with Gasteiger partial charge in [0.05, 0.1) is 5.60 Å². The molecule has 0 radical (unpaired) electrons. The second kappa shape index (κ2) is 5.96. The van der Waals surface area contributed by atoms with Crippen LogP contribution >= 0.6 is 0 Å². The van der Waals surface area contributed by atoms with Crippen LogP contribution in [0.25, 0.3) is 0 Å². The van der Waals surface area contributed by atoms with E-state index in [1.807, 2.05) is 0 Å². The predicted molar refractivity (Wildman–Crippen MR) is 95.6 cm³/mol. The van der Waals surface area contributed by atoms with Crippen molar-refractivity contribution in [3.63, 3.8) is 0 Å². The fraction of sp³-hybridized carbons (Fsp3) is 1.00. The highest BCUT2D eigenvalue weighted by molar-refractivity contribution is 5.07. The molecule has 0 saturated heterocycles. The lowest BCUT2D eigenvalue weighted by atomic mass is 9.49. The molecule has 0 heterocycles. The summed E-state index contributed by atoms with van der Waals surface area (Å²) in [6.07, 6.45) is 11.4. The number of hydroxylamine groups is 1. The minimum absolute atomic E-state index is 0.220. The largest absolute Gasteiger partial charge is 0.390 e. The van der Waals surface area contributed by atoms with E-state index < -0.39 is 5.60 Å². The van der Waals surface area contributed by atoms with E-state index in [2.05, 4.69) is 26.3 Å². The van der Waals surface area contributed by atoms with Gasteiger partial charge in [-0.25, -0.2) is 5.48 Å². The molecule has 0 spiro atoms. The molecular weight excluding hydrogens is 298 g/mol. The lowest BCUT2D eigenvalue weighted by Crippen LogP contribution is -2.52. The second-order valence-corrected chi connectivity index (χ2v) is 10.3. The molecule has 3 N–H and O–H groups in total. The zero-order valence-electron chi connectivity index (χ0n) is 15.8. The predicted octanol–water partition coefficient (Wildman–Crippen LogP) is 4.37. The molecule has 9 atom stereocenters. The average Bonchev–Trinajstić information content (AvgIpc) is 2.90. The molecular formula is C21H37NO2. The summed E-state index contributed by atoms with van der Waals surface area (Å²) in [6, 6.07) is 0.220. The Bertz CT molecular complexity index is 478. The molecule has 0 aliphatic heterocycles. The summed E-state index contributed by atoms with van der Waals surface area (Å²) in [5.74, 6) is 4.95. The van der Waals surface area contributed by atoms with Crippen LogP contribution < -0.4 is 5.48 Å². The lowest BCUT2D eigenvalue weighted by molar-refractivity contribution is -0.103. The van der Waals surface area contributed by atoms with E-state index >= 15 is 0 Å². The van der Waals surface area contributed by atoms with Crippen LogP contribution in [-0.4, -0.2) is 22.0 Å². The summed E-state index contributed by atoms with van der Waals surface area (Å²) >= 11 is 0. The van der Waals surface area contributed by atoms with Crippen LogP contribution in [0.15, 0.2) is 0 Å². The lowest BCUT2D eigenvalue weighted by Gasteiger charge is -2.57. The van der Waals surface area contributed by atoms with E-state index in [4.69, 9.17) is 0 Å².